The van der Waals surface area contributed by atoms with E-state index in [1.54, 1.807) is 0 Å². The number of hydrogen-bond donors (Lipinski definition) is 1. The highest BCUT2D eigenvalue weighted by Crippen LogP contribution is 1.79. The number of benzene rings is 1. The maximum Gasteiger partial charge on any atom is 0 e. The molecule has 1 rings (SSSR count). The van der Waals surface area contributed by atoms with E-state index in [4.69, 9.17) is 0 Å². The van der Waals surface area contributed by atoms with Gasteiger partial charge in [-0.3, -0.25) is 0 Å². The summed E-state index contributed by atoms with van der Waals surface area (Å²) < 4.78 is 0. The van der Waals surface area contributed by atoms with Crippen LogP contribution in [0.4, 0.5) is 0 Å². The Bertz CT molecular complexity index is 80.5. The Morgan fingerprint density at radius 1 is 0.500 bits per heavy atom. The molecule has 0 aliphatic rings. The smallest absolute Gasteiger partial charge is 0 e. The molecule has 0 heterocycles. The topological polar surface area (TPSA) is 35.0 Å². The summed E-state index contributed by atoms with van der Waals surface area (Å²) in [4.78, 5) is 0. The van der Waals surface area contributed by atoms with Crippen molar-refractivity contribution in [1.29, 1.82) is 0 Å². The summed E-state index contributed by atoms with van der Waals surface area (Å²) in [6.45, 7) is 0. The molecule has 0 aromatic heterocycles. The molecule has 0 bridgehead atoms. The van der Waals surface area contributed by atoms with Crippen LogP contribution < -0.4 is 6.15 Å². The molecule has 8 heavy (non-hydrogen) atoms. The van der Waals surface area contributed by atoms with Crippen molar-refractivity contribution in [3.8, 4) is 0 Å². The molecule has 0 aliphatic carbocycles. The van der Waals surface area contributed by atoms with E-state index in [1.807, 2.05) is 36.4 Å². The molecular formula is C6H9NSi. The molecule has 1 aromatic carbocycles. The van der Waals surface area contributed by atoms with E-state index in [2.05, 4.69) is 0 Å². The molecule has 0 unspecified atom stereocenters. The Kier molecular flexibility index (Phi) is 8.31. The molecule has 0 atom stereocenters. The van der Waals surface area contributed by atoms with Gasteiger partial charge in [0.05, 0.1) is 0 Å². The van der Waals surface area contributed by atoms with Crippen LogP contribution in [0.5, 0.6) is 0 Å². The third kappa shape index (κ3) is 3.58. The summed E-state index contributed by atoms with van der Waals surface area (Å²) in [6.07, 6.45) is 0. The highest BCUT2D eigenvalue weighted by atomic mass is 28.1. The average Bonchev–Trinajstić information content (AvgIpc) is 1.72. The van der Waals surface area contributed by atoms with Crippen LogP contribution in [0.3, 0.4) is 0 Å². The Labute approximate surface area is 54.3 Å². The van der Waals surface area contributed by atoms with Gasteiger partial charge in [0, 0.05) is 11.0 Å². The maximum absolute atomic E-state index is 2.00. The van der Waals surface area contributed by atoms with Crippen molar-refractivity contribution in [2.24, 2.45) is 0 Å². The molecular weight excluding hydrogens is 114 g/mol. The lowest BCUT2D eigenvalue weighted by atomic mass is 10.4. The van der Waals surface area contributed by atoms with Gasteiger partial charge in [-0.15, -0.1) is 0 Å². The molecule has 42 valence electrons. The Morgan fingerprint density at radius 2 is 0.625 bits per heavy atom. The van der Waals surface area contributed by atoms with Gasteiger partial charge in [-0.2, -0.15) is 0 Å². The zero-order valence-electron chi connectivity index (χ0n) is 4.67. The summed E-state index contributed by atoms with van der Waals surface area (Å²) in [5, 5.41) is 0. The molecule has 4 radical (unpaired) electrons. The van der Waals surface area contributed by atoms with Crippen LogP contribution in [0.15, 0.2) is 36.4 Å². The molecule has 0 amide bonds. The van der Waals surface area contributed by atoms with Crippen molar-refractivity contribution in [3.63, 3.8) is 0 Å². The highest BCUT2D eigenvalue weighted by molar-refractivity contribution is 5.75. The third-order valence-electron chi connectivity index (χ3n) is 0.667. The third-order valence-corrected chi connectivity index (χ3v) is 0.667. The van der Waals surface area contributed by atoms with Crippen molar-refractivity contribution >= 4 is 11.0 Å². The summed E-state index contributed by atoms with van der Waals surface area (Å²) in [5.41, 5.74) is 0. The number of hydrogen-bond acceptors (Lipinski definition) is 1. The molecule has 1 nitrogen and oxygen atoms in total. The quantitative estimate of drug-likeness (QED) is 0.521. The van der Waals surface area contributed by atoms with E-state index in [9.17, 15) is 0 Å². The van der Waals surface area contributed by atoms with Gasteiger partial charge in [-0.1, -0.05) is 36.4 Å². The van der Waals surface area contributed by atoms with Gasteiger partial charge in [0.2, 0.25) is 0 Å². The van der Waals surface area contributed by atoms with Crippen molar-refractivity contribution in [3.05, 3.63) is 36.4 Å². The van der Waals surface area contributed by atoms with Gasteiger partial charge in [-0.25, -0.2) is 0 Å². The van der Waals surface area contributed by atoms with E-state index in [0.29, 0.717) is 0 Å². The first-order valence-corrected chi connectivity index (χ1v) is 2.00. The van der Waals surface area contributed by atoms with Crippen LogP contribution in [0, 0.1) is 0 Å². The summed E-state index contributed by atoms with van der Waals surface area (Å²) in [5.74, 6) is 0. The zero-order valence-corrected chi connectivity index (χ0v) is 5.67. The van der Waals surface area contributed by atoms with Gasteiger partial charge >= 0.3 is 0 Å². The van der Waals surface area contributed by atoms with Crippen LogP contribution in [0.25, 0.3) is 0 Å². The zero-order chi connectivity index (χ0) is 4.24. The summed E-state index contributed by atoms with van der Waals surface area (Å²) in [6, 6.07) is 12.0. The summed E-state index contributed by atoms with van der Waals surface area (Å²) in [7, 11) is 0. The van der Waals surface area contributed by atoms with E-state index in [-0.39, 0.29) is 17.1 Å². The molecule has 1 aromatic rings. The largest absolute Gasteiger partial charge is 0.344 e. The number of rotatable bonds is 0. The molecule has 0 saturated carbocycles. The van der Waals surface area contributed by atoms with E-state index >= 15 is 0 Å². The van der Waals surface area contributed by atoms with Gasteiger partial charge in [0.15, 0.2) is 0 Å². The van der Waals surface area contributed by atoms with Gasteiger partial charge < -0.3 is 6.15 Å². The fourth-order valence-corrected chi connectivity index (χ4v) is 0.385. The van der Waals surface area contributed by atoms with Crippen LogP contribution in [-0.4, -0.2) is 11.0 Å². The first kappa shape index (κ1) is 10.4. The monoisotopic (exact) mass is 123 g/mol. The van der Waals surface area contributed by atoms with Crippen molar-refractivity contribution in [2.75, 3.05) is 0 Å². The van der Waals surface area contributed by atoms with E-state index < -0.39 is 0 Å². The van der Waals surface area contributed by atoms with Crippen LogP contribution in [0.2, 0.25) is 0 Å². The van der Waals surface area contributed by atoms with Crippen molar-refractivity contribution < 1.29 is 0 Å². The van der Waals surface area contributed by atoms with Crippen LogP contribution in [0.1, 0.15) is 0 Å². The predicted octanol–water partition coefficient (Wildman–Crippen LogP) is 1.47. The van der Waals surface area contributed by atoms with Crippen LogP contribution in [-0.2, 0) is 0 Å². The second kappa shape index (κ2) is 6.40. The summed E-state index contributed by atoms with van der Waals surface area (Å²) >= 11 is 0. The van der Waals surface area contributed by atoms with Gasteiger partial charge in [-0.05, 0) is 0 Å². The first-order valence-electron chi connectivity index (χ1n) is 2.00. The Morgan fingerprint density at radius 3 is 0.750 bits per heavy atom. The first-order chi connectivity index (χ1) is 3.00. The molecule has 3 N–H and O–H groups in total. The Hall–Kier alpha value is -0.603. The molecule has 0 aliphatic heterocycles. The van der Waals surface area contributed by atoms with Gasteiger partial charge in [0.25, 0.3) is 0 Å². The van der Waals surface area contributed by atoms with Gasteiger partial charge in [0.1, 0.15) is 0 Å². The lowest BCUT2D eigenvalue weighted by Crippen LogP contribution is -1.47. The lowest BCUT2D eigenvalue weighted by Gasteiger charge is -1.69. The molecule has 0 spiro atoms. The van der Waals surface area contributed by atoms with Crippen molar-refractivity contribution in [1.82, 2.24) is 6.15 Å². The SMILES string of the molecule is N.[Si].c1ccccc1. The average molecular weight is 123 g/mol. The fourth-order valence-electron chi connectivity index (χ4n) is 0.385. The minimum absolute atomic E-state index is 0. The molecule has 0 fully saturated rings. The highest BCUT2D eigenvalue weighted by Gasteiger charge is 1.57. The van der Waals surface area contributed by atoms with E-state index in [0.717, 1.165) is 0 Å². The van der Waals surface area contributed by atoms with Crippen LogP contribution >= 0.6 is 0 Å². The minimum Gasteiger partial charge on any atom is -0.344 e. The van der Waals surface area contributed by atoms with E-state index in [1.165, 1.54) is 0 Å². The second-order valence-corrected chi connectivity index (χ2v) is 1.15. The molecule has 2 heteroatoms. The van der Waals surface area contributed by atoms with Crippen molar-refractivity contribution in [2.45, 2.75) is 0 Å². The lowest BCUT2D eigenvalue weighted by molar-refractivity contribution is 1.72. The Balaban J connectivity index is 0. The normalized spacial score (nSPS) is 6.00. The molecule has 0 saturated heterocycles. The second-order valence-electron chi connectivity index (χ2n) is 1.15. The maximum atomic E-state index is 2.00. The predicted molar refractivity (Wildman–Crippen MR) is 37.2 cm³/mol. The minimum atomic E-state index is 0. The fraction of sp³-hybridized carbons (Fsp3) is 0. The standard InChI is InChI=1S/C6H6.H3N.Si/c1-2-4-6-5-3-1;;/h1-6H;1H3;.